The van der Waals surface area contributed by atoms with E-state index in [4.69, 9.17) is 4.74 Å². The Balaban J connectivity index is 1.36. The Morgan fingerprint density at radius 3 is 2.92 bits per heavy atom. The molecule has 11 heteroatoms. The van der Waals surface area contributed by atoms with Crippen LogP contribution in [0.4, 0.5) is 10.1 Å². The normalized spacial score (nSPS) is 15.4. The van der Waals surface area contributed by atoms with Crippen LogP contribution in [-0.2, 0) is 4.79 Å². The fourth-order valence-corrected chi connectivity index (χ4v) is 4.63. The number of thiazole rings is 1. The Hall–Kier alpha value is -4.27. The Morgan fingerprint density at radius 1 is 1.35 bits per heavy atom. The van der Waals surface area contributed by atoms with E-state index in [0.717, 1.165) is 0 Å². The van der Waals surface area contributed by atoms with Gasteiger partial charge in [0, 0.05) is 30.4 Å². The predicted octanol–water partition coefficient (Wildman–Crippen LogP) is 2.87. The van der Waals surface area contributed by atoms with Gasteiger partial charge in [-0.2, -0.15) is 0 Å². The molecule has 1 atom stereocenters. The zero-order valence-electron chi connectivity index (χ0n) is 20.2. The number of aromatic nitrogens is 3. The molecule has 4 heterocycles. The topological polar surface area (TPSA) is 109 Å². The zero-order chi connectivity index (χ0) is 26.3. The molecule has 0 bridgehead atoms. The molecule has 188 valence electrons. The first-order chi connectivity index (χ1) is 17.6. The summed E-state index contributed by atoms with van der Waals surface area (Å²) in [7, 11) is 1.59. The minimum atomic E-state index is -1.16. The van der Waals surface area contributed by atoms with Crippen LogP contribution in [0.15, 0.2) is 48.1 Å². The highest BCUT2D eigenvalue weighted by Crippen LogP contribution is 2.32. The molecule has 3 aromatic heterocycles. The van der Waals surface area contributed by atoms with E-state index in [2.05, 4.69) is 27.1 Å². The van der Waals surface area contributed by atoms with E-state index < -0.39 is 23.4 Å². The first-order valence-corrected chi connectivity index (χ1v) is 12.2. The van der Waals surface area contributed by atoms with Crippen molar-refractivity contribution in [3.63, 3.8) is 0 Å². The summed E-state index contributed by atoms with van der Waals surface area (Å²) in [4.78, 5) is 36.5. The van der Waals surface area contributed by atoms with E-state index in [0.29, 0.717) is 27.7 Å². The number of halogens is 1. The number of carbonyl (C=O) groups is 2. The number of nitrogens with zero attached hydrogens (tertiary/aromatic N) is 4. The molecule has 2 N–H and O–H groups in total. The third kappa shape index (κ3) is 4.89. The van der Waals surface area contributed by atoms with Gasteiger partial charge in [0.25, 0.3) is 11.8 Å². The van der Waals surface area contributed by atoms with Crippen LogP contribution in [0.5, 0.6) is 5.75 Å². The zero-order valence-corrected chi connectivity index (χ0v) is 21.0. The van der Waals surface area contributed by atoms with Crippen molar-refractivity contribution in [3.8, 4) is 29.0 Å². The fraction of sp³-hybridized carbons (Fsp3) is 0.231. The Labute approximate surface area is 215 Å². The number of pyridine rings is 1. The standard InChI is InChI=1S/C26H22FN5O4S/c1-26(2,35)9-8-15-6-7-21-19(11-15)31(3)24(34)18(13-36-21)29-23(33)17-12-32-20(14-37-25(32)30-17)22-16(27)5-4-10-28-22/h4-7,10-12,14,18,35H,13H2,1-3H3,(H,29,33)/t18-/m0/s1. The van der Waals surface area contributed by atoms with Crippen LogP contribution in [-0.4, -0.2) is 56.6 Å². The SMILES string of the molecule is CN1C(=O)[C@@H](NC(=O)c2cn3c(-c4ncccc4F)csc3n2)COc2ccc(C#CC(C)(C)O)cc21. The van der Waals surface area contributed by atoms with Crippen molar-refractivity contribution < 1.29 is 23.8 Å². The molecule has 0 fully saturated rings. The Bertz CT molecular complexity index is 1590. The van der Waals surface area contributed by atoms with Crippen LogP contribution >= 0.6 is 11.3 Å². The number of hydrogen-bond donors (Lipinski definition) is 2. The van der Waals surface area contributed by atoms with Gasteiger partial charge in [0.2, 0.25) is 0 Å². The van der Waals surface area contributed by atoms with Gasteiger partial charge in [0.1, 0.15) is 35.4 Å². The molecular weight excluding hydrogens is 497 g/mol. The second-order valence-corrected chi connectivity index (χ2v) is 9.80. The van der Waals surface area contributed by atoms with Gasteiger partial charge in [-0.1, -0.05) is 11.8 Å². The lowest BCUT2D eigenvalue weighted by Crippen LogP contribution is -2.49. The summed E-state index contributed by atoms with van der Waals surface area (Å²) in [6.45, 7) is 3.08. The molecule has 4 aromatic rings. The lowest BCUT2D eigenvalue weighted by Gasteiger charge is -2.20. The lowest BCUT2D eigenvalue weighted by atomic mass is 10.1. The molecule has 1 aliphatic rings. The maximum Gasteiger partial charge on any atom is 0.272 e. The summed E-state index contributed by atoms with van der Waals surface area (Å²) in [5.41, 5.74) is 0.632. The van der Waals surface area contributed by atoms with Crippen molar-refractivity contribution in [2.24, 2.45) is 0 Å². The number of fused-ring (bicyclic) bond motifs is 2. The number of amides is 2. The molecule has 0 radical (unpaired) electrons. The molecule has 37 heavy (non-hydrogen) atoms. The highest BCUT2D eigenvalue weighted by molar-refractivity contribution is 7.15. The number of hydrogen-bond acceptors (Lipinski definition) is 7. The van der Waals surface area contributed by atoms with E-state index in [1.165, 1.54) is 40.8 Å². The summed E-state index contributed by atoms with van der Waals surface area (Å²) < 4.78 is 21.7. The van der Waals surface area contributed by atoms with Crippen molar-refractivity contribution in [1.29, 1.82) is 0 Å². The van der Waals surface area contributed by atoms with E-state index >= 15 is 0 Å². The molecule has 1 aromatic carbocycles. The van der Waals surface area contributed by atoms with Gasteiger partial charge in [-0.3, -0.25) is 19.0 Å². The third-order valence-corrected chi connectivity index (χ3v) is 6.46. The number of aliphatic hydroxyl groups is 1. The van der Waals surface area contributed by atoms with Crippen molar-refractivity contribution in [1.82, 2.24) is 19.7 Å². The molecule has 0 aliphatic carbocycles. The van der Waals surface area contributed by atoms with Crippen molar-refractivity contribution in [2.75, 3.05) is 18.6 Å². The van der Waals surface area contributed by atoms with Gasteiger partial charge in [-0.25, -0.2) is 9.37 Å². The molecular formula is C26H22FN5O4S. The summed E-state index contributed by atoms with van der Waals surface area (Å²) >= 11 is 1.24. The first kappa shape index (κ1) is 24.4. The second kappa shape index (κ2) is 9.31. The van der Waals surface area contributed by atoms with E-state index in [9.17, 15) is 19.1 Å². The Morgan fingerprint density at radius 2 is 2.16 bits per heavy atom. The Kier molecular flexibility index (Phi) is 6.15. The quantitative estimate of drug-likeness (QED) is 0.403. The van der Waals surface area contributed by atoms with E-state index in [1.807, 2.05) is 0 Å². The average Bonchev–Trinajstić information content (AvgIpc) is 3.43. The van der Waals surface area contributed by atoms with Gasteiger partial charge < -0.3 is 20.1 Å². The third-order valence-electron chi connectivity index (χ3n) is 5.62. The number of ether oxygens (including phenoxy) is 1. The van der Waals surface area contributed by atoms with Crippen LogP contribution < -0.4 is 15.0 Å². The molecule has 5 rings (SSSR count). The highest BCUT2D eigenvalue weighted by atomic mass is 32.1. The van der Waals surface area contributed by atoms with Gasteiger partial charge >= 0.3 is 0 Å². The smallest absolute Gasteiger partial charge is 0.272 e. The fourth-order valence-electron chi connectivity index (χ4n) is 3.77. The molecule has 0 saturated heterocycles. The van der Waals surface area contributed by atoms with E-state index in [-0.39, 0.29) is 23.9 Å². The van der Waals surface area contributed by atoms with Gasteiger partial charge in [0.15, 0.2) is 10.8 Å². The molecule has 0 spiro atoms. The first-order valence-electron chi connectivity index (χ1n) is 11.3. The maximum atomic E-state index is 14.3. The molecule has 0 unspecified atom stereocenters. The van der Waals surface area contributed by atoms with Crippen molar-refractivity contribution >= 4 is 33.8 Å². The van der Waals surface area contributed by atoms with E-state index in [1.54, 1.807) is 48.9 Å². The monoisotopic (exact) mass is 519 g/mol. The largest absolute Gasteiger partial charge is 0.489 e. The van der Waals surface area contributed by atoms with Gasteiger partial charge in [0.05, 0.1) is 11.4 Å². The number of rotatable bonds is 3. The summed E-state index contributed by atoms with van der Waals surface area (Å²) in [6.07, 6.45) is 2.97. The van der Waals surface area contributed by atoms with Crippen molar-refractivity contribution in [2.45, 2.75) is 25.5 Å². The second-order valence-electron chi connectivity index (χ2n) is 8.96. The number of likely N-dealkylation sites (N-methyl/N-ethyl adjacent to an activating group) is 1. The summed E-state index contributed by atoms with van der Waals surface area (Å²) in [6, 6.07) is 6.96. The van der Waals surface area contributed by atoms with Crippen LogP contribution in [0.2, 0.25) is 0 Å². The highest BCUT2D eigenvalue weighted by Gasteiger charge is 2.31. The van der Waals surface area contributed by atoms with Crippen LogP contribution in [0.3, 0.4) is 0 Å². The van der Waals surface area contributed by atoms with Crippen molar-refractivity contribution in [3.05, 3.63) is 65.2 Å². The number of imidazole rings is 1. The minimum absolute atomic E-state index is 0.0748. The molecule has 9 nitrogen and oxygen atoms in total. The predicted molar refractivity (Wildman–Crippen MR) is 136 cm³/mol. The number of anilines is 1. The van der Waals surface area contributed by atoms with Gasteiger partial charge in [-0.15, -0.1) is 11.3 Å². The average molecular weight is 520 g/mol. The maximum absolute atomic E-state index is 14.3. The summed E-state index contributed by atoms with van der Waals surface area (Å²) in [5.74, 6) is 4.65. The molecule has 0 saturated carbocycles. The lowest BCUT2D eigenvalue weighted by molar-refractivity contribution is -0.120. The van der Waals surface area contributed by atoms with Crippen LogP contribution in [0, 0.1) is 17.7 Å². The number of nitrogens with one attached hydrogen (secondary N) is 1. The number of benzene rings is 1. The number of carbonyl (C=O) groups excluding carboxylic acids is 2. The van der Waals surface area contributed by atoms with Crippen LogP contribution in [0.25, 0.3) is 16.3 Å². The van der Waals surface area contributed by atoms with Gasteiger partial charge in [-0.05, 0) is 44.2 Å². The molecule has 2 amide bonds. The summed E-state index contributed by atoms with van der Waals surface area (Å²) in [5, 5.41) is 14.3. The minimum Gasteiger partial charge on any atom is -0.489 e. The molecule has 1 aliphatic heterocycles. The van der Waals surface area contributed by atoms with Crippen LogP contribution in [0.1, 0.15) is 29.9 Å².